The first kappa shape index (κ1) is 39.0. The molecule has 4 aromatic rings. The second-order valence-electron chi connectivity index (χ2n) is 16.4. The van der Waals surface area contributed by atoms with Crippen LogP contribution in [0.3, 0.4) is 0 Å². The van der Waals surface area contributed by atoms with E-state index in [1.807, 2.05) is 36.4 Å². The van der Waals surface area contributed by atoms with Gasteiger partial charge < -0.3 is 0 Å². The Hall–Kier alpha value is -4.25. The number of para-hydroxylation sites is 2. The van der Waals surface area contributed by atoms with Crippen LogP contribution in [0, 0.1) is 22.9 Å². The zero-order valence-corrected chi connectivity index (χ0v) is 35.7. The molecule has 2 heterocycles. The molecule has 1 aliphatic heterocycles. The Bertz CT molecular complexity index is 1980. The highest BCUT2D eigenvalue weighted by molar-refractivity contribution is 6.91. The molecule has 8 heteroatoms. The molecule has 272 valence electrons. The number of amides is 2. The minimum absolute atomic E-state index is 0.216. The Labute approximate surface area is 313 Å². The third kappa shape index (κ3) is 6.18. The molecular formula is C44H56N4O2Si2. The Balaban J connectivity index is 2.04. The van der Waals surface area contributed by atoms with E-state index >= 15 is 0 Å². The number of aromatic nitrogens is 2. The summed E-state index contributed by atoms with van der Waals surface area (Å²) >= 11 is 0. The van der Waals surface area contributed by atoms with Gasteiger partial charge in [0.1, 0.15) is 27.2 Å². The smallest absolute Gasteiger partial charge is 0.229 e. The van der Waals surface area contributed by atoms with Crippen molar-refractivity contribution >= 4 is 72.8 Å². The molecule has 1 aromatic heterocycles. The lowest BCUT2D eigenvalue weighted by Gasteiger charge is -2.38. The first-order chi connectivity index (χ1) is 24.4. The van der Waals surface area contributed by atoms with E-state index in [4.69, 9.17) is 9.97 Å². The van der Waals surface area contributed by atoms with Crippen LogP contribution in [0.15, 0.2) is 48.5 Å². The second-order valence-corrected chi connectivity index (χ2v) is 27.5. The van der Waals surface area contributed by atoms with Crippen molar-refractivity contribution in [3.63, 3.8) is 0 Å². The van der Waals surface area contributed by atoms with Crippen LogP contribution in [-0.2, 0) is 9.59 Å². The minimum Gasteiger partial charge on any atom is -0.274 e. The first-order valence-electron chi connectivity index (χ1n) is 19.0. The zero-order chi connectivity index (χ0) is 38.4. The first-order valence-corrected chi connectivity index (χ1v) is 23.4. The van der Waals surface area contributed by atoms with E-state index in [1.54, 1.807) is 9.80 Å². The third-order valence-electron chi connectivity index (χ3n) is 11.8. The molecule has 0 saturated heterocycles. The van der Waals surface area contributed by atoms with Gasteiger partial charge in [-0.05, 0) is 45.4 Å². The highest BCUT2D eigenvalue weighted by Gasteiger charge is 2.43. The van der Waals surface area contributed by atoms with Gasteiger partial charge in [-0.3, -0.25) is 19.4 Å². The van der Waals surface area contributed by atoms with Gasteiger partial charge in [-0.25, -0.2) is 9.97 Å². The molecule has 0 radical (unpaired) electrons. The van der Waals surface area contributed by atoms with Crippen LogP contribution in [0.2, 0.25) is 33.2 Å². The number of benzene rings is 3. The summed E-state index contributed by atoms with van der Waals surface area (Å²) < 4.78 is 0. The number of hydrogen-bond acceptors (Lipinski definition) is 4. The van der Waals surface area contributed by atoms with Crippen molar-refractivity contribution in [3.8, 4) is 22.9 Å². The van der Waals surface area contributed by atoms with E-state index in [1.165, 1.54) is 13.8 Å². The van der Waals surface area contributed by atoms with Crippen LogP contribution in [-0.4, -0.2) is 37.9 Å². The number of fused-ring (bicyclic) bond motifs is 4. The summed E-state index contributed by atoms with van der Waals surface area (Å²) in [6, 6.07) is 15.8. The zero-order valence-electron chi connectivity index (χ0n) is 33.7. The molecule has 0 bridgehead atoms. The van der Waals surface area contributed by atoms with E-state index in [-0.39, 0.29) is 11.8 Å². The summed E-state index contributed by atoms with van der Waals surface area (Å²) in [5.41, 5.74) is 14.5. The van der Waals surface area contributed by atoms with Crippen LogP contribution in [0.1, 0.15) is 108 Å². The Morgan fingerprint density at radius 2 is 0.808 bits per heavy atom. The normalized spacial score (nSPS) is 13.2. The molecule has 0 saturated carbocycles. The monoisotopic (exact) mass is 728 g/mol. The van der Waals surface area contributed by atoms with Crippen LogP contribution in [0.25, 0.3) is 21.8 Å². The average Bonchev–Trinajstić information content (AvgIpc) is 3.06. The molecule has 3 aromatic carbocycles. The lowest BCUT2D eigenvalue weighted by Crippen LogP contribution is -2.43. The summed E-state index contributed by atoms with van der Waals surface area (Å²) in [5.74, 6) is 7.73. The molecular weight excluding hydrogens is 673 g/mol. The number of anilines is 4. The van der Waals surface area contributed by atoms with Gasteiger partial charge in [-0.15, -0.1) is 11.1 Å². The maximum Gasteiger partial charge on any atom is 0.229 e. The lowest BCUT2D eigenvalue weighted by molar-refractivity contribution is -0.117. The number of rotatable bonds is 6. The summed E-state index contributed by atoms with van der Waals surface area (Å²) in [7, 11) is -4.32. The van der Waals surface area contributed by atoms with Gasteiger partial charge in [0.05, 0.1) is 22.5 Å². The average molecular weight is 729 g/mol. The standard InChI is InChI=1S/C44H56N4O2Si2/c1-27(2)51(28(3)4,29(5)6)25-23-37-35-19-15-16-20-36(35)38(24-26-52(30(7)8,31(9)10)32(11)12)42-41(37)45-43-44(46-42)48(34(14)50)40-22-18-17-21-39(40)47(43)33(13)49/h15-22,27-32H,1-14H3. The third-order valence-corrected chi connectivity index (χ3v) is 24.3. The van der Waals surface area contributed by atoms with E-state index in [0.29, 0.717) is 67.3 Å². The molecule has 0 fully saturated rings. The Kier molecular flexibility index (Phi) is 11.0. The van der Waals surface area contributed by atoms with Crippen molar-refractivity contribution in [2.45, 2.75) is 130 Å². The fourth-order valence-electron chi connectivity index (χ4n) is 9.41. The molecule has 6 nitrogen and oxygen atoms in total. The van der Waals surface area contributed by atoms with E-state index in [2.05, 4.69) is 118 Å². The highest BCUT2D eigenvalue weighted by Crippen LogP contribution is 2.48. The Morgan fingerprint density at radius 3 is 1.08 bits per heavy atom. The molecule has 52 heavy (non-hydrogen) atoms. The molecule has 2 amide bonds. The fourth-order valence-corrected chi connectivity index (χ4v) is 19.8. The quantitative estimate of drug-likeness (QED) is 0.113. The van der Waals surface area contributed by atoms with Gasteiger partial charge in [0, 0.05) is 24.6 Å². The van der Waals surface area contributed by atoms with E-state index < -0.39 is 16.1 Å². The van der Waals surface area contributed by atoms with Crippen LogP contribution < -0.4 is 9.80 Å². The maximum atomic E-state index is 13.5. The predicted octanol–water partition coefficient (Wildman–Crippen LogP) is 11.6. The number of carbonyl (C=O) groups is 2. The lowest BCUT2D eigenvalue weighted by atomic mass is 9.97. The van der Waals surface area contributed by atoms with Crippen molar-refractivity contribution < 1.29 is 9.59 Å². The highest BCUT2D eigenvalue weighted by atomic mass is 28.3. The number of carbonyl (C=O) groups excluding carboxylic acids is 2. The summed E-state index contributed by atoms with van der Waals surface area (Å²) in [6.07, 6.45) is 0. The number of hydrogen-bond donors (Lipinski definition) is 0. The minimum atomic E-state index is -2.16. The van der Waals surface area contributed by atoms with Crippen molar-refractivity contribution in [1.29, 1.82) is 0 Å². The van der Waals surface area contributed by atoms with Gasteiger partial charge in [0.15, 0.2) is 11.6 Å². The van der Waals surface area contributed by atoms with Crippen LogP contribution in [0.5, 0.6) is 0 Å². The van der Waals surface area contributed by atoms with Crippen molar-refractivity contribution in [2.24, 2.45) is 0 Å². The topological polar surface area (TPSA) is 66.4 Å². The largest absolute Gasteiger partial charge is 0.274 e. The summed E-state index contributed by atoms with van der Waals surface area (Å²) in [4.78, 5) is 40.9. The number of nitrogens with zero attached hydrogens (tertiary/aromatic N) is 4. The molecule has 0 aliphatic carbocycles. The summed E-state index contributed by atoms with van der Waals surface area (Å²) in [6.45, 7) is 30.9. The van der Waals surface area contributed by atoms with Crippen LogP contribution in [0.4, 0.5) is 23.0 Å². The summed E-state index contributed by atoms with van der Waals surface area (Å²) in [5, 5.41) is 1.94. The van der Waals surface area contributed by atoms with E-state index in [0.717, 1.165) is 21.9 Å². The molecule has 1 aliphatic rings. The molecule has 0 spiro atoms. The SMILES string of the molecule is CC(=O)N1c2ccccc2N(C(C)=O)c2nc3c(C#C[Si](C(C)C)(C(C)C)C(C)C)c4ccccc4c(C#C[Si](C(C)C)(C(C)C)C(C)C)c3nc21. The van der Waals surface area contributed by atoms with Crippen molar-refractivity contribution in [3.05, 3.63) is 59.7 Å². The van der Waals surface area contributed by atoms with Gasteiger partial charge in [-0.2, -0.15) is 0 Å². The van der Waals surface area contributed by atoms with Gasteiger partial charge in [-0.1, -0.05) is 131 Å². The Morgan fingerprint density at radius 1 is 0.519 bits per heavy atom. The molecule has 5 rings (SSSR count). The molecule has 0 unspecified atom stereocenters. The van der Waals surface area contributed by atoms with Gasteiger partial charge in [0.2, 0.25) is 11.8 Å². The maximum absolute atomic E-state index is 13.5. The van der Waals surface area contributed by atoms with Crippen molar-refractivity contribution in [2.75, 3.05) is 9.80 Å². The molecule has 0 atom stereocenters. The molecule has 0 N–H and O–H groups in total. The van der Waals surface area contributed by atoms with Crippen LogP contribution >= 0.6 is 0 Å². The van der Waals surface area contributed by atoms with Crippen molar-refractivity contribution in [1.82, 2.24) is 9.97 Å². The van der Waals surface area contributed by atoms with Gasteiger partial charge >= 0.3 is 0 Å². The fraction of sp³-hybridized carbons (Fsp3) is 0.455. The second kappa shape index (κ2) is 14.6. The predicted molar refractivity (Wildman–Crippen MR) is 225 cm³/mol. The van der Waals surface area contributed by atoms with Gasteiger partial charge in [0.25, 0.3) is 0 Å². The van der Waals surface area contributed by atoms with E-state index in [9.17, 15) is 9.59 Å².